The van der Waals surface area contributed by atoms with Crippen molar-refractivity contribution in [1.29, 1.82) is 0 Å². The van der Waals surface area contributed by atoms with Gasteiger partial charge in [0.25, 0.3) is 11.7 Å². The lowest BCUT2D eigenvalue weighted by molar-refractivity contribution is -0.132. The van der Waals surface area contributed by atoms with Crippen molar-refractivity contribution in [2.24, 2.45) is 0 Å². The fourth-order valence-corrected chi connectivity index (χ4v) is 4.22. The van der Waals surface area contributed by atoms with Crippen LogP contribution in [-0.4, -0.2) is 23.4 Å². The number of halogens is 1. The summed E-state index contributed by atoms with van der Waals surface area (Å²) in [6.45, 7) is 6.12. The lowest BCUT2D eigenvalue weighted by Crippen LogP contribution is -2.29. The summed E-state index contributed by atoms with van der Waals surface area (Å²) in [5.41, 5.74) is 3.46. The zero-order valence-corrected chi connectivity index (χ0v) is 19.4. The van der Waals surface area contributed by atoms with Gasteiger partial charge >= 0.3 is 0 Å². The van der Waals surface area contributed by atoms with E-state index in [1.54, 1.807) is 36.4 Å². The third kappa shape index (κ3) is 4.24. The fourth-order valence-electron chi connectivity index (χ4n) is 4.09. The summed E-state index contributed by atoms with van der Waals surface area (Å²) in [7, 11) is 0. The predicted molar refractivity (Wildman–Crippen MR) is 130 cm³/mol. The molecule has 3 aromatic carbocycles. The number of ether oxygens (including phenoxy) is 1. The van der Waals surface area contributed by atoms with Crippen LogP contribution in [0.3, 0.4) is 0 Å². The van der Waals surface area contributed by atoms with E-state index in [0.717, 1.165) is 11.1 Å². The third-order valence-corrected chi connectivity index (χ3v) is 5.93. The molecule has 4 rings (SSSR count). The lowest BCUT2D eigenvalue weighted by atomic mass is 9.93. The maximum Gasteiger partial charge on any atom is 0.300 e. The SMILES string of the molecule is CCOc1cccc(C2/C(=C(\O)c3cc(C)ccc3C)C(=O)C(=O)N2c2ccc(Cl)cc2)c1. The average molecular weight is 462 g/mol. The number of anilines is 1. The van der Waals surface area contributed by atoms with E-state index < -0.39 is 17.7 Å². The van der Waals surface area contributed by atoms with Crippen molar-refractivity contribution in [3.63, 3.8) is 0 Å². The number of ketones is 1. The Hall–Kier alpha value is -3.57. The Morgan fingerprint density at radius 3 is 2.45 bits per heavy atom. The second-order valence-corrected chi connectivity index (χ2v) is 8.41. The molecule has 3 aromatic rings. The largest absolute Gasteiger partial charge is 0.507 e. The van der Waals surface area contributed by atoms with Crippen LogP contribution >= 0.6 is 11.6 Å². The Bertz CT molecular complexity index is 1260. The number of amides is 1. The molecule has 1 N–H and O–H groups in total. The molecule has 1 fully saturated rings. The molecule has 1 unspecified atom stereocenters. The van der Waals surface area contributed by atoms with Crippen LogP contribution in [0.2, 0.25) is 5.02 Å². The predicted octanol–water partition coefficient (Wildman–Crippen LogP) is 5.98. The van der Waals surface area contributed by atoms with Gasteiger partial charge in [0.1, 0.15) is 11.5 Å². The highest BCUT2D eigenvalue weighted by Gasteiger charge is 2.47. The van der Waals surface area contributed by atoms with E-state index in [4.69, 9.17) is 16.3 Å². The first-order chi connectivity index (χ1) is 15.8. The summed E-state index contributed by atoms with van der Waals surface area (Å²) in [4.78, 5) is 27.9. The highest BCUT2D eigenvalue weighted by atomic mass is 35.5. The van der Waals surface area contributed by atoms with Crippen LogP contribution in [0.5, 0.6) is 5.75 Å². The Morgan fingerprint density at radius 1 is 1.03 bits per heavy atom. The topological polar surface area (TPSA) is 66.8 Å². The van der Waals surface area contributed by atoms with Crippen LogP contribution in [0, 0.1) is 13.8 Å². The number of benzene rings is 3. The summed E-state index contributed by atoms with van der Waals surface area (Å²) in [6.07, 6.45) is 0. The van der Waals surface area contributed by atoms with Crippen molar-refractivity contribution < 1.29 is 19.4 Å². The maximum atomic E-state index is 13.3. The first-order valence-corrected chi connectivity index (χ1v) is 11.1. The molecule has 33 heavy (non-hydrogen) atoms. The number of rotatable bonds is 5. The molecule has 1 atom stereocenters. The van der Waals surface area contributed by atoms with Crippen molar-refractivity contribution in [2.45, 2.75) is 26.8 Å². The van der Waals surface area contributed by atoms with E-state index in [2.05, 4.69) is 0 Å². The molecular weight excluding hydrogens is 438 g/mol. The van der Waals surface area contributed by atoms with Gasteiger partial charge in [0, 0.05) is 16.3 Å². The number of carbonyl (C=O) groups is 2. The number of Topliss-reactive ketones (excluding diaryl/α,β-unsaturated/α-hetero) is 1. The standard InChI is InChI=1S/C27H24ClNO4/c1-4-33-21-7-5-6-18(15-21)24-23(25(30)22-14-16(2)8-9-17(22)3)26(31)27(32)29(24)20-12-10-19(28)11-13-20/h5-15,24,30H,4H2,1-3H3/b25-23+. The minimum absolute atomic E-state index is 0.0392. The summed E-state index contributed by atoms with van der Waals surface area (Å²) in [5.74, 6) is -1.03. The van der Waals surface area contributed by atoms with Gasteiger partial charge in [0.2, 0.25) is 0 Å². The van der Waals surface area contributed by atoms with Crippen LogP contribution in [0.15, 0.2) is 72.3 Å². The van der Waals surface area contributed by atoms with Gasteiger partial charge in [-0.05, 0) is 74.4 Å². The molecule has 0 aromatic heterocycles. The van der Waals surface area contributed by atoms with E-state index in [9.17, 15) is 14.7 Å². The van der Waals surface area contributed by atoms with E-state index in [1.807, 2.05) is 51.1 Å². The molecule has 6 heteroatoms. The van der Waals surface area contributed by atoms with Crippen molar-refractivity contribution in [1.82, 2.24) is 0 Å². The molecule has 0 bridgehead atoms. The second kappa shape index (κ2) is 9.12. The number of aliphatic hydroxyl groups excluding tert-OH is 1. The number of carbonyl (C=O) groups excluding carboxylic acids is 2. The monoisotopic (exact) mass is 461 g/mol. The molecule has 0 radical (unpaired) electrons. The van der Waals surface area contributed by atoms with Crippen molar-refractivity contribution in [3.05, 3.63) is 99.6 Å². The Labute approximate surface area is 197 Å². The molecule has 1 aliphatic heterocycles. The minimum Gasteiger partial charge on any atom is -0.507 e. The van der Waals surface area contributed by atoms with Gasteiger partial charge in [0.15, 0.2) is 0 Å². The molecule has 1 aliphatic rings. The Kier molecular flexibility index (Phi) is 6.25. The Morgan fingerprint density at radius 2 is 1.76 bits per heavy atom. The van der Waals surface area contributed by atoms with E-state index in [-0.39, 0.29) is 11.3 Å². The van der Waals surface area contributed by atoms with Gasteiger partial charge in [-0.2, -0.15) is 0 Å². The summed E-state index contributed by atoms with van der Waals surface area (Å²) < 4.78 is 5.65. The molecule has 5 nitrogen and oxygen atoms in total. The second-order valence-electron chi connectivity index (χ2n) is 7.97. The fraction of sp³-hybridized carbons (Fsp3) is 0.185. The molecular formula is C27H24ClNO4. The summed E-state index contributed by atoms with van der Waals surface area (Å²) in [5, 5.41) is 11.9. The highest BCUT2D eigenvalue weighted by molar-refractivity contribution is 6.51. The van der Waals surface area contributed by atoms with Crippen LogP contribution in [-0.2, 0) is 9.59 Å². The van der Waals surface area contributed by atoms with E-state index in [1.165, 1.54) is 4.90 Å². The van der Waals surface area contributed by atoms with E-state index >= 15 is 0 Å². The van der Waals surface area contributed by atoms with Crippen LogP contribution < -0.4 is 9.64 Å². The van der Waals surface area contributed by atoms with Crippen molar-refractivity contribution in [2.75, 3.05) is 11.5 Å². The molecule has 0 aliphatic carbocycles. The molecule has 1 amide bonds. The number of aryl methyl sites for hydroxylation is 2. The summed E-state index contributed by atoms with van der Waals surface area (Å²) in [6, 6.07) is 18.7. The number of hydrogen-bond donors (Lipinski definition) is 1. The molecule has 168 valence electrons. The molecule has 0 spiro atoms. The zero-order chi connectivity index (χ0) is 23.7. The van der Waals surface area contributed by atoms with Crippen LogP contribution in [0.25, 0.3) is 5.76 Å². The third-order valence-electron chi connectivity index (χ3n) is 5.68. The first-order valence-electron chi connectivity index (χ1n) is 10.7. The van der Waals surface area contributed by atoms with Gasteiger partial charge in [-0.15, -0.1) is 0 Å². The van der Waals surface area contributed by atoms with Gasteiger partial charge in [-0.25, -0.2) is 0 Å². The van der Waals surface area contributed by atoms with E-state index in [0.29, 0.717) is 34.2 Å². The van der Waals surface area contributed by atoms with Crippen molar-refractivity contribution in [3.8, 4) is 5.75 Å². The lowest BCUT2D eigenvalue weighted by Gasteiger charge is -2.26. The Balaban J connectivity index is 1.97. The number of nitrogens with zero attached hydrogens (tertiary/aromatic N) is 1. The van der Waals surface area contributed by atoms with Gasteiger partial charge in [-0.3, -0.25) is 14.5 Å². The molecule has 1 saturated heterocycles. The molecule has 0 saturated carbocycles. The number of hydrogen-bond acceptors (Lipinski definition) is 4. The minimum atomic E-state index is -0.827. The smallest absolute Gasteiger partial charge is 0.300 e. The van der Waals surface area contributed by atoms with Gasteiger partial charge in [-0.1, -0.05) is 41.4 Å². The highest BCUT2D eigenvalue weighted by Crippen LogP contribution is 2.43. The van der Waals surface area contributed by atoms with Crippen LogP contribution in [0.1, 0.15) is 35.2 Å². The van der Waals surface area contributed by atoms with Crippen LogP contribution in [0.4, 0.5) is 5.69 Å². The maximum absolute atomic E-state index is 13.3. The number of aliphatic hydroxyl groups is 1. The average Bonchev–Trinajstić information content (AvgIpc) is 3.06. The normalized spacial score (nSPS) is 17.5. The van der Waals surface area contributed by atoms with Gasteiger partial charge in [0.05, 0.1) is 18.2 Å². The van der Waals surface area contributed by atoms with Gasteiger partial charge < -0.3 is 9.84 Å². The van der Waals surface area contributed by atoms with Crippen molar-refractivity contribution >= 4 is 34.7 Å². The molecule has 1 heterocycles. The first kappa shape index (κ1) is 22.6. The summed E-state index contributed by atoms with van der Waals surface area (Å²) >= 11 is 6.05. The quantitative estimate of drug-likeness (QED) is 0.288. The zero-order valence-electron chi connectivity index (χ0n) is 18.6.